The first-order valence-electron chi connectivity index (χ1n) is 13.1. The first-order valence-corrected chi connectivity index (χ1v) is 13.1. The van der Waals surface area contributed by atoms with E-state index in [9.17, 15) is 40.7 Å². The molecule has 1 aliphatic heterocycles. The van der Waals surface area contributed by atoms with E-state index in [2.05, 4.69) is 0 Å². The average Bonchev–Trinajstić information content (AvgIpc) is 3.01. The molecule has 1 heterocycles. The van der Waals surface area contributed by atoms with Crippen molar-refractivity contribution in [3.8, 4) is 0 Å². The molecule has 9 nitrogen and oxygen atoms in total. The molecule has 0 saturated carbocycles. The van der Waals surface area contributed by atoms with Crippen molar-refractivity contribution < 1.29 is 55.7 Å². The number of aryl methyl sites for hydroxylation is 1. The van der Waals surface area contributed by atoms with Gasteiger partial charge in [-0.05, 0) is 61.2 Å². The Hall–Kier alpha value is -4.14. The van der Waals surface area contributed by atoms with Crippen molar-refractivity contribution in [3.63, 3.8) is 0 Å². The number of alkyl halides is 6. The molecule has 2 aromatic carbocycles. The highest BCUT2D eigenvalue weighted by Crippen LogP contribution is 2.31. The topological polar surface area (TPSA) is 141 Å². The van der Waals surface area contributed by atoms with Gasteiger partial charge in [-0.25, -0.2) is 4.79 Å². The fourth-order valence-corrected chi connectivity index (χ4v) is 4.16. The third-order valence-corrected chi connectivity index (χ3v) is 6.38. The van der Waals surface area contributed by atoms with Crippen LogP contribution in [0.2, 0.25) is 0 Å². The van der Waals surface area contributed by atoms with Gasteiger partial charge in [-0.1, -0.05) is 31.0 Å². The van der Waals surface area contributed by atoms with Crippen molar-refractivity contribution in [1.29, 1.82) is 0 Å². The Balaban J connectivity index is 0.000000821. The summed E-state index contributed by atoms with van der Waals surface area (Å²) in [6.45, 7) is 0.164. The number of aliphatic carboxylic acids is 2. The van der Waals surface area contributed by atoms with Gasteiger partial charge in [0.05, 0.1) is 29.8 Å². The number of nitrogens with two attached hydrogens (primary N) is 1. The third-order valence-electron chi connectivity index (χ3n) is 6.38. The van der Waals surface area contributed by atoms with Gasteiger partial charge in [0.15, 0.2) is 0 Å². The summed E-state index contributed by atoms with van der Waals surface area (Å²) in [4.78, 5) is 49.1. The van der Waals surface area contributed by atoms with Crippen LogP contribution in [-0.2, 0) is 33.5 Å². The third kappa shape index (κ3) is 10.9. The Labute approximate surface area is 242 Å². The van der Waals surface area contributed by atoms with E-state index in [4.69, 9.17) is 20.7 Å². The second kappa shape index (κ2) is 15.4. The van der Waals surface area contributed by atoms with Gasteiger partial charge in [0.1, 0.15) is 6.54 Å². The van der Waals surface area contributed by atoms with Crippen LogP contribution < -0.4 is 10.6 Å². The molecule has 3 rings (SSSR count). The summed E-state index contributed by atoms with van der Waals surface area (Å²) >= 11 is 0. The highest BCUT2D eigenvalue weighted by Gasteiger charge is 2.38. The Morgan fingerprint density at radius 1 is 0.860 bits per heavy atom. The minimum absolute atomic E-state index is 0.0253. The minimum Gasteiger partial charge on any atom is -0.481 e. The summed E-state index contributed by atoms with van der Waals surface area (Å²) in [7, 11) is 0. The largest absolute Gasteiger partial charge is 0.490 e. The molecule has 0 spiro atoms. The van der Waals surface area contributed by atoms with Gasteiger partial charge in [-0.15, -0.1) is 0 Å². The van der Waals surface area contributed by atoms with Crippen LogP contribution in [0.5, 0.6) is 0 Å². The number of carboxylic acid groups (broad SMARTS) is 2. The van der Waals surface area contributed by atoms with Gasteiger partial charge >= 0.3 is 24.3 Å². The molecular weight excluding hydrogens is 588 g/mol. The van der Waals surface area contributed by atoms with E-state index in [0.717, 1.165) is 49.8 Å². The van der Waals surface area contributed by atoms with Crippen molar-refractivity contribution in [2.75, 3.05) is 24.5 Å². The standard InChI is InChI=1S/C26H30F3N3O4.C2HF3O2/c27-26(28,29)20-9-6-19(7-10-20)16-32-22-11-8-18(5-3-1-2-4-13-30)15-21(22)25(36)31(17-23(32)33)14-12-24(34)35;3-2(4,5)1(6)7/h6-11,15H,1-5,12-14,16-17,30H2,(H,34,35);(H,6,7). The first-order chi connectivity index (χ1) is 20.0. The van der Waals surface area contributed by atoms with Crippen LogP contribution in [-0.4, -0.2) is 64.7 Å². The van der Waals surface area contributed by atoms with Crippen LogP contribution in [0.4, 0.5) is 32.0 Å². The molecule has 1 aliphatic rings. The predicted octanol–water partition coefficient (Wildman–Crippen LogP) is 4.86. The van der Waals surface area contributed by atoms with Crippen LogP contribution in [0.15, 0.2) is 42.5 Å². The van der Waals surface area contributed by atoms with Crippen LogP contribution in [0.1, 0.15) is 59.2 Å². The van der Waals surface area contributed by atoms with E-state index in [1.807, 2.05) is 6.07 Å². The van der Waals surface area contributed by atoms with Crippen LogP contribution >= 0.6 is 0 Å². The summed E-state index contributed by atoms with van der Waals surface area (Å²) < 4.78 is 70.6. The number of halogens is 6. The lowest BCUT2D eigenvalue weighted by Crippen LogP contribution is -2.40. The van der Waals surface area contributed by atoms with Gasteiger partial charge in [0.25, 0.3) is 5.91 Å². The number of carboxylic acids is 2. The highest BCUT2D eigenvalue weighted by atomic mass is 19.4. The van der Waals surface area contributed by atoms with Crippen molar-refractivity contribution in [2.45, 2.75) is 57.4 Å². The minimum atomic E-state index is -5.08. The monoisotopic (exact) mass is 619 g/mol. The summed E-state index contributed by atoms with van der Waals surface area (Å²) in [6, 6.07) is 9.78. The lowest BCUT2D eigenvalue weighted by atomic mass is 10.0. The number of nitrogens with zero attached hydrogens (tertiary/aromatic N) is 2. The number of amides is 2. The first kappa shape index (κ1) is 35.1. The molecule has 15 heteroatoms. The molecule has 0 saturated heterocycles. The number of fused-ring (bicyclic) bond motifs is 1. The van der Waals surface area contributed by atoms with Crippen LogP contribution in [0, 0.1) is 0 Å². The van der Waals surface area contributed by atoms with E-state index < -0.39 is 41.7 Å². The molecular formula is C28H31F6N3O6. The number of carbonyl (C=O) groups is 4. The number of rotatable bonds is 11. The fourth-order valence-electron chi connectivity index (χ4n) is 4.16. The maximum absolute atomic E-state index is 13.3. The highest BCUT2D eigenvalue weighted by molar-refractivity contribution is 6.09. The van der Waals surface area contributed by atoms with Crippen LogP contribution in [0.3, 0.4) is 0 Å². The van der Waals surface area contributed by atoms with Crippen molar-refractivity contribution in [3.05, 3.63) is 64.7 Å². The average molecular weight is 620 g/mol. The van der Waals surface area contributed by atoms with Crippen LogP contribution in [0.25, 0.3) is 0 Å². The molecule has 0 atom stereocenters. The molecule has 0 fully saturated rings. The number of hydrogen-bond acceptors (Lipinski definition) is 5. The van der Waals surface area contributed by atoms with Gasteiger partial charge in [-0.2, -0.15) is 26.3 Å². The summed E-state index contributed by atoms with van der Waals surface area (Å²) in [6.07, 6.45) is -5.28. The molecule has 0 radical (unpaired) electrons. The quantitative estimate of drug-likeness (QED) is 0.241. The molecule has 236 valence electrons. The van der Waals surface area contributed by atoms with Crippen molar-refractivity contribution in [1.82, 2.24) is 4.90 Å². The van der Waals surface area contributed by atoms with E-state index in [-0.39, 0.29) is 31.6 Å². The number of anilines is 1. The van der Waals surface area contributed by atoms with E-state index in [1.54, 1.807) is 12.1 Å². The Morgan fingerprint density at radius 2 is 1.44 bits per heavy atom. The lowest BCUT2D eigenvalue weighted by molar-refractivity contribution is -0.192. The molecule has 0 bridgehead atoms. The maximum Gasteiger partial charge on any atom is 0.490 e. The molecule has 2 amide bonds. The van der Waals surface area contributed by atoms with Crippen molar-refractivity contribution >= 4 is 29.4 Å². The van der Waals surface area contributed by atoms with E-state index in [1.165, 1.54) is 21.9 Å². The Morgan fingerprint density at radius 3 is 1.98 bits per heavy atom. The summed E-state index contributed by atoms with van der Waals surface area (Å²) in [5.74, 6) is -4.73. The molecule has 2 aromatic rings. The normalized spacial score (nSPS) is 13.7. The number of unbranched alkanes of at least 4 members (excludes halogenated alkanes) is 3. The fraction of sp³-hybridized carbons (Fsp3) is 0.429. The SMILES string of the molecule is NCCCCCCc1ccc2c(c1)C(=O)N(CCC(=O)O)CC(=O)N2Cc1ccc(C(F)(F)F)cc1.O=C(O)C(F)(F)F. The predicted molar refractivity (Wildman–Crippen MR) is 142 cm³/mol. The zero-order chi connectivity index (χ0) is 32.4. The number of carbonyl (C=O) groups excluding carboxylic acids is 2. The van der Waals surface area contributed by atoms with E-state index in [0.29, 0.717) is 17.8 Å². The second-order valence-corrected chi connectivity index (χ2v) is 9.65. The van der Waals surface area contributed by atoms with Gasteiger partial charge in [0, 0.05) is 6.54 Å². The van der Waals surface area contributed by atoms with E-state index >= 15 is 0 Å². The smallest absolute Gasteiger partial charge is 0.481 e. The Kier molecular flexibility index (Phi) is 12.5. The summed E-state index contributed by atoms with van der Waals surface area (Å²) in [5, 5.41) is 16.2. The van der Waals surface area contributed by atoms with Gasteiger partial charge < -0.3 is 25.7 Å². The zero-order valence-corrected chi connectivity index (χ0v) is 22.9. The lowest BCUT2D eigenvalue weighted by Gasteiger charge is -2.23. The van der Waals surface area contributed by atoms with Gasteiger partial charge in [0.2, 0.25) is 5.91 Å². The molecule has 0 unspecified atom stereocenters. The molecule has 43 heavy (non-hydrogen) atoms. The Bertz CT molecular complexity index is 1280. The summed E-state index contributed by atoms with van der Waals surface area (Å²) in [5.41, 5.74) is 6.75. The number of benzene rings is 2. The van der Waals surface area contributed by atoms with Gasteiger partial charge in [-0.3, -0.25) is 14.4 Å². The molecule has 4 N–H and O–H groups in total. The zero-order valence-electron chi connectivity index (χ0n) is 22.9. The second-order valence-electron chi connectivity index (χ2n) is 9.65. The maximum atomic E-state index is 13.3. The molecule has 0 aromatic heterocycles. The molecule has 0 aliphatic carbocycles. The number of hydrogen-bond donors (Lipinski definition) is 3. The van der Waals surface area contributed by atoms with Crippen molar-refractivity contribution in [2.24, 2.45) is 5.73 Å².